The van der Waals surface area contributed by atoms with Crippen LogP contribution >= 0.6 is 11.3 Å². The van der Waals surface area contributed by atoms with E-state index in [2.05, 4.69) is 34.0 Å². The molecule has 1 saturated heterocycles. The van der Waals surface area contributed by atoms with Crippen molar-refractivity contribution in [1.82, 2.24) is 19.7 Å². The van der Waals surface area contributed by atoms with Crippen molar-refractivity contribution in [2.75, 3.05) is 38.3 Å². The molecule has 8 heteroatoms. The van der Waals surface area contributed by atoms with Gasteiger partial charge in [-0.25, -0.2) is 9.67 Å². The van der Waals surface area contributed by atoms with Crippen molar-refractivity contribution in [3.05, 3.63) is 83.8 Å². The van der Waals surface area contributed by atoms with Gasteiger partial charge in [-0.05, 0) is 36.2 Å². The first-order chi connectivity index (χ1) is 16.6. The quantitative estimate of drug-likeness (QED) is 0.407. The van der Waals surface area contributed by atoms with E-state index in [1.54, 1.807) is 22.3 Å². The lowest BCUT2D eigenvalue weighted by molar-refractivity contribution is 0.0747. The Morgan fingerprint density at radius 1 is 1.09 bits per heavy atom. The Labute approximate surface area is 203 Å². The number of morpholine rings is 1. The third kappa shape index (κ3) is 4.47. The molecular weight excluding hydrogens is 446 g/mol. The molecule has 0 aliphatic carbocycles. The molecule has 5 rings (SSSR count). The molecule has 0 radical (unpaired) electrons. The number of hydrogen-bond acceptors (Lipinski definition) is 6. The summed E-state index contributed by atoms with van der Waals surface area (Å²) >= 11 is 1.57. The highest BCUT2D eigenvalue weighted by molar-refractivity contribution is 7.18. The van der Waals surface area contributed by atoms with Crippen LogP contribution < -0.4 is 4.90 Å². The van der Waals surface area contributed by atoms with E-state index in [9.17, 15) is 4.79 Å². The van der Waals surface area contributed by atoms with Gasteiger partial charge in [-0.3, -0.25) is 4.79 Å². The van der Waals surface area contributed by atoms with Crippen molar-refractivity contribution in [2.45, 2.75) is 13.0 Å². The molecule has 1 aliphatic heterocycles. The van der Waals surface area contributed by atoms with Crippen molar-refractivity contribution >= 4 is 22.2 Å². The predicted octanol–water partition coefficient (Wildman–Crippen LogP) is 4.67. The van der Waals surface area contributed by atoms with Crippen LogP contribution in [0.3, 0.4) is 0 Å². The van der Waals surface area contributed by atoms with E-state index in [0.29, 0.717) is 13.2 Å². The maximum absolute atomic E-state index is 13.6. The molecule has 174 valence electrons. The molecule has 1 aliphatic rings. The number of rotatable bonds is 6. The molecule has 0 spiro atoms. The number of carbonyl (C=O) groups is 1. The third-order valence-electron chi connectivity index (χ3n) is 6.27. The van der Waals surface area contributed by atoms with Gasteiger partial charge in [0.1, 0.15) is 12.7 Å². The lowest BCUT2D eigenvalue weighted by Crippen LogP contribution is -2.35. The summed E-state index contributed by atoms with van der Waals surface area (Å²) in [5, 5.41) is 5.30. The van der Waals surface area contributed by atoms with Gasteiger partial charge in [-0.1, -0.05) is 42.5 Å². The fraction of sp³-hybridized carbons (Fsp3) is 0.269. The highest BCUT2D eigenvalue weighted by Gasteiger charge is 2.25. The second kappa shape index (κ2) is 9.79. The van der Waals surface area contributed by atoms with Crippen molar-refractivity contribution in [1.29, 1.82) is 0 Å². The van der Waals surface area contributed by atoms with Gasteiger partial charge in [0.2, 0.25) is 0 Å². The number of thiophene rings is 1. The van der Waals surface area contributed by atoms with Gasteiger partial charge in [-0.15, -0.1) is 11.3 Å². The normalized spacial score (nSPS) is 14.7. The molecule has 7 nitrogen and oxygen atoms in total. The number of ether oxygens (including phenoxy) is 1. The second-order valence-electron chi connectivity index (χ2n) is 8.32. The fourth-order valence-corrected chi connectivity index (χ4v) is 5.35. The van der Waals surface area contributed by atoms with E-state index in [-0.39, 0.29) is 11.9 Å². The molecule has 0 saturated carbocycles. The summed E-state index contributed by atoms with van der Waals surface area (Å²) in [6.45, 7) is 5.13. The van der Waals surface area contributed by atoms with Crippen molar-refractivity contribution < 1.29 is 9.53 Å². The Bertz CT molecular complexity index is 1230. The largest absolute Gasteiger partial charge is 0.378 e. The highest BCUT2D eigenvalue weighted by atomic mass is 32.1. The first-order valence-electron chi connectivity index (χ1n) is 11.4. The van der Waals surface area contributed by atoms with Crippen LogP contribution in [0.15, 0.2) is 73.3 Å². The summed E-state index contributed by atoms with van der Waals surface area (Å²) in [6.07, 6.45) is 3.18. The summed E-state index contributed by atoms with van der Waals surface area (Å²) in [7, 11) is 1.87. The molecule has 1 atom stereocenters. The van der Waals surface area contributed by atoms with Gasteiger partial charge in [0, 0.05) is 25.7 Å². The van der Waals surface area contributed by atoms with E-state index in [1.807, 2.05) is 60.5 Å². The summed E-state index contributed by atoms with van der Waals surface area (Å²) in [5.41, 5.74) is 4.23. The Hall–Kier alpha value is -3.49. The van der Waals surface area contributed by atoms with Crippen LogP contribution in [-0.4, -0.2) is 58.9 Å². The van der Waals surface area contributed by atoms with Gasteiger partial charge in [0.15, 0.2) is 0 Å². The number of amides is 1. The first-order valence-corrected chi connectivity index (χ1v) is 12.2. The topological polar surface area (TPSA) is 63.5 Å². The average molecular weight is 474 g/mol. The highest BCUT2D eigenvalue weighted by Crippen LogP contribution is 2.40. The molecule has 1 amide bonds. The van der Waals surface area contributed by atoms with Crippen molar-refractivity contribution in [3.63, 3.8) is 0 Å². The minimum atomic E-state index is -0.0774. The molecular formula is C26H27N5O2S. The lowest BCUT2D eigenvalue weighted by Gasteiger charge is -2.28. The Morgan fingerprint density at radius 2 is 1.82 bits per heavy atom. The lowest BCUT2D eigenvalue weighted by atomic mass is 10.1. The molecule has 3 heterocycles. The summed E-state index contributed by atoms with van der Waals surface area (Å²) in [5.74, 6) is 0.0227. The van der Waals surface area contributed by atoms with E-state index in [4.69, 9.17) is 4.74 Å². The fourth-order valence-electron chi connectivity index (χ4n) is 4.13. The maximum atomic E-state index is 13.6. The minimum Gasteiger partial charge on any atom is -0.378 e. The monoisotopic (exact) mass is 473 g/mol. The number of anilines is 1. The van der Waals surface area contributed by atoms with Crippen LogP contribution in [0.2, 0.25) is 0 Å². The van der Waals surface area contributed by atoms with Gasteiger partial charge in [0.25, 0.3) is 5.91 Å². The summed E-state index contributed by atoms with van der Waals surface area (Å²) in [4.78, 5) is 22.4. The van der Waals surface area contributed by atoms with Gasteiger partial charge in [0.05, 0.1) is 34.8 Å². The van der Waals surface area contributed by atoms with Gasteiger partial charge in [-0.2, -0.15) is 5.10 Å². The van der Waals surface area contributed by atoms with Crippen LogP contribution in [0.25, 0.3) is 16.8 Å². The summed E-state index contributed by atoms with van der Waals surface area (Å²) < 4.78 is 7.27. The van der Waals surface area contributed by atoms with Gasteiger partial charge >= 0.3 is 0 Å². The van der Waals surface area contributed by atoms with E-state index >= 15 is 0 Å². The first kappa shape index (κ1) is 22.3. The van der Waals surface area contributed by atoms with E-state index in [1.165, 1.54) is 6.33 Å². The number of hydrogen-bond donors (Lipinski definition) is 0. The van der Waals surface area contributed by atoms with Gasteiger partial charge < -0.3 is 14.5 Å². The smallest absolute Gasteiger partial charge is 0.264 e. The molecule has 1 fully saturated rings. The van der Waals surface area contributed by atoms with E-state index < -0.39 is 0 Å². The average Bonchev–Trinajstić information content (AvgIpc) is 3.60. The molecule has 2 aromatic heterocycles. The SMILES string of the molecule is CC(c1ccc(-n2cncn2)cc1)N(C)C(=O)c1cc(-c2ccccc2)c(N2CCOCC2)s1. The Kier molecular flexibility index (Phi) is 6.42. The Balaban J connectivity index is 1.40. The molecule has 2 aromatic carbocycles. The minimum absolute atomic E-state index is 0.0227. The van der Waals surface area contributed by atoms with Crippen LogP contribution in [-0.2, 0) is 4.74 Å². The van der Waals surface area contributed by atoms with Crippen LogP contribution in [0, 0.1) is 0 Å². The summed E-state index contributed by atoms with van der Waals surface area (Å²) in [6, 6.07) is 20.3. The molecule has 34 heavy (non-hydrogen) atoms. The van der Waals surface area contributed by atoms with Crippen LogP contribution in [0.1, 0.15) is 28.2 Å². The molecule has 1 unspecified atom stereocenters. The molecule has 4 aromatic rings. The number of nitrogens with zero attached hydrogens (tertiary/aromatic N) is 5. The predicted molar refractivity (Wildman–Crippen MR) is 135 cm³/mol. The number of benzene rings is 2. The van der Waals surface area contributed by atoms with Crippen molar-refractivity contribution in [3.8, 4) is 16.8 Å². The molecule has 0 N–H and O–H groups in total. The standard InChI is InChI=1S/C26H27N5O2S/c1-19(20-8-10-22(11-9-20)31-18-27-17-28-31)29(2)25(32)24-16-23(21-6-4-3-5-7-21)26(34-24)30-12-14-33-15-13-30/h3-11,16-19H,12-15H2,1-2H3. The zero-order chi connectivity index (χ0) is 23.5. The third-order valence-corrected chi connectivity index (χ3v) is 7.45. The van der Waals surface area contributed by atoms with Crippen LogP contribution in [0.4, 0.5) is 5.00 Å². The maximum Gasteiger partial charge on any atom is 0.264 e. The molecule has 0 bridgehead atoms. The zero-order valence-corrected chi connectivity index (χ0v) is 20.1. The number of carbonyl (C=O) groups excluding carboxylic acids is 1. The number of aromatic nitrogens is 3. The Morgan fingerprint density at radius 3 is 2.50 bits per heavy atom. The van der Waals surface area contributed by atoms with E-state index in [0.717, 1.165) is 45.3 Å². The van der Waals surface area contributed by atoms with Crippen molar-refractivity contribution in [2.24, 2.45) is 0 Å². The van der Waals surface area contributed by atoms with Crippen LogP contribution in [0.5, 0.6) is 0 Å². The zero-order valence-electron chi connectivity index (χ0n) is 19.3. The second-order valence-corrected chi connectivity index (χ2v) is 9.35.